The van der Waals surface area contributed by atoms with Crippen LogP contribution in [0.4, 0.5) is 0 Å². The van der Waals surface area contributed by atoms with Gasteiger partial charge in [-0.3, -0.25) is 8.76 Å². The van der Waals surface area contributed by atoms with Crippen molar-refractivity contribution in [3.63, 3.8) is 0 Å². The van der Waals surface area contributed by atoms with Crippen molar-refractivity contribution in [1.82, 2.24) is 0 Å². The Kier molecular flexibility index (Phi) is 23.8. The molecular formula is HFeNaO7S2. The molecule has 0 bridgehead atoms. The van der Waals surface area contributed by atoms with Crippen LogP contribution in [0.25, 0.3) is 0 Å². The van der Waals surface area contributed by atoms with E-state index in [0.717, 1.165) is 0 Å². The van der Waals surface area contributed by atoms with Gasteiger partial charge in [0, 0.05) is 0 Å². The minimum atomic E-state index is -4.92. The molecule has 7 nitrogen and oxygen atoms in total. The summed E-state index contributed by atoms with van der Waals surface area (Å²) in [6.07, 6.45) is 0. The van der Waals surface area contributed by atoms with Gasteiger partial charge in [0.15, 0.2) is 0 Å². The molecule has 0 aliphatic rings. The average molecular weight is 256 g/mol. The van der Waals surface area contributed by atoms with Crippen LogP contribution in [-0.4, -0.2) is 30.8 Å². The normalized spacial score (nSPS) is 8.45. The first-order valence-corrected chi connectivity index (χ1v) is 3.55. The van der Waals surface area contributed by atoms with E-state index in [1.807, 2.05) is 0 Å². The first-order chi connectivity index (χ1) is 3.73. The van der Waals surface area contributed by atoms with Gasteiger partial charge in [-0.05, 0) is 0 Å². The Balaban J connectivity index is -0.0000000383. The maximum Gasteiger partial charge on any atom is 2.00 e. The van der Waals surface area contributed by atoms with Gasteiger partial charge in [-0.15, -0.1) is 11.4 Å². The number of hydrogen-bond acceptors (Lipinski definition) is 6. The van der Waals surface area contributed by atoms with E-state index in [1.165, 1.54) is 0 Å². The second-order valence-electron chi connectivity index (χ2n) is 0.632. The zero-order chi connectivity index (χ0) is 8.08. The predicted octanol–water partition coefficient (Wildman–Crippen LogP) is -5.00. The minimum absolute atomic E-state index is 0. The SMILES string of the molecule is O=S(=O)([O-])O.O=S([O-])[O-].[Fe+2].[Na+]. The van der Waals surface area contributed by atoms with Gasteiger partial charge in [-0.1, -0.05) is 0 Å². The first kappa shape index (κ1) is 22.9. The summed E-state index contributed by atoms with van der Waals surface area (Å²) >= 11 is -3.11. The molecule has 0 radical (unpaired) electrons. The van der Waals surface area contributed by atoms with Crippen LogP contribution in [0.5, 0.6) is 0 Å². The summed E-state index contributed by atoms with van der Waals surface area (Å²) in [6.45, 7) is 0. The van der Waals surface area contributed by atoms with Crippen molar-refractivity contribution in [2.75, 3.05) is 0 Å². The van der Waals surface area contributed by atoms with Crippen molar-refractivity contribution < 1.29 is 77.5 Å². The van der Waals surface area contributed by atoms with E-state index in [4.69, 9.17) is 30.8 Å². The maximum atomic E-state index is 8.63. The van der Waals surface area contributed by atoms with E-state index in [9.17, 15) is 0 Å². The topological polar surface area (TPSA) is 141 Å². The summed E-state index contributed by atoms with van der Waals surface area (Å²) in [5.41, 5.74) is 0. The molecule has 0 rings (SSSR count). The second kappa shape index (κ2) is 11.5. The van der Waals surface area contributed by atoms with Crippen molar-refractivity contribution in [3.05, 3.63) is 0 Å². The molecule has 0 aliphatic carbocycles. The van der Waals surface area contributed by atoms with Gasteiger partial charge < -0.3 is 13.7 Å². The van der Waals surface area contributed by atoms with Crippen molar-refractivity contribution in [2.24, 2.45) is 0 Å². The number of rotatable bonds is 0. The molecular weight excluding hydrogens is 255 g/mol. The third-order valence-corrected chi connectivity index (χ3v) is 0. The fraction of sp³-hybridized carbons (Fsp3) is 0. The van der Waals surface area contributed by atoms with Gasteiger partial charge >= 0.3 is 46.6 Å². The smallest absolute Gasteiger partial charge is 0.784 e. The monoisotopic (exact) mass is 256 g/mol. The quantitative estimate of drug-likeness (QED) is 0.198. The molecule has 11 heteroatoms. The Bertz CT molecular complexity index is 159. The summed E-state index contributed by atoms with van der Waals surface area (Å²) < 4.78 is 58.2. The Morgan fingerprint density at radius 2 is 1.27 bits per heavy atom. The van der Waals surface area contributed by atoms with Crippen molar-refractivity contribution in [2.45, 2.75) is 0 Å². The molecule has 0 aromatic carbocycles. The zero-order valence-electron chi connectivity index (χ0n) is 5.07. The summed E-state index contributed by atoms with van der Waals surface area (Å²) in [5, 5.41) is 0. The minimum Gasteiger partial charge on any atom is -0.784 e. The standard InChI is InChI=1S/Fe.Na.H2O4S.H2O3S/c;;1-5(2,3)4;1-4(2)3/h;;(H2,1,2,3,4);(H2,1,2,3)/q+2;+1;;/p-3. The van der Waals surface area contributed by atoms with Gasteiger partial charge in [0.25, 0.3) is 0 Å². The first-order valence-electron chi connectivity index (χ1n) is 1.18. The van der Waals surface area contributed by atoms with Gasteiger partial charge in [-0.2, -0.15) is 0 Å². The van der Waals surface area contributed by atoms with Crippen LogP contribution >= 0.6 is 0 Å². The molecule has 0 aromatic rings. The van der Waals surface area contributed by atoms with Crippen LogP contribution in [0, 0.1) is 0 Å². The average Bonchev–Trinajstić information content (AvgIpc) is 1.19. The molecule has 0 fully saturated rings. The van der Waals surface area contributed by atoms with Crippen LogP contribution in [0.15, 0.2) is 0 Å². The molecule has 0 aromatic heterocycles. The molecule has 0 amide bonds. The van der Waals surface area contributed by atoms with Crippen LogP contribution < -0.4 is 29.6 Å². The Labute approximate surface area is 98.4 Å². The molecule has 0 heterocycles. The van der Waals surface area contributed by atoms with Crippen molar-refractivity contribution >= 4 is 21.8 Å². The summed E-state index contributed by atoms with van der Waals surface area (Å²) in [4.78, 5) is 0. The summed E-state index contributed by atoms with van der Waals surface area (Å²) in [6, 6.07) is 0. The summed E-state index contributed by atoms with van der Waals surface area (Å²) in [7, 11) is -4.92. The van der Waals surface area contributed by atoms with Gasteiger partial charge in [0.05, 0.1) is 0 Å². The Hall–Kier alpha value is 1.46. The zero-order valence-corrected chi connectivity index (χ0v) is 9.80. The molecule has 0 aliphatic heterocycles. The fourth-order valence-corrected chi connectivity index (χ4v) is 0. The fourth-order valence-electron chi connectivity index (χ4n) is 0. The third kappa shape index (κ3) is 481. The van der Waals surface area contributed by atoms with Crippen LogP contribution in [0.1, 0.15) is 0 Å². The Morgan fingerprint density at radius 1 is 1.27 bits per heavy atom. The number of hydrogen-bond donors (Lipinski definition) is 1. The van der Waals surface area contributed by atoms with E-state index in [1.54, 1.807) is 0 Å². The second-order valence-corrected chi connectivity index (χ2v) is 1.90. The predicted molar refractivity (Wildman–Crippen MR) is 22.0 cm³/mol. The molecule has 0 saturated carbocycles. The Morgan fingerprint density at radius 3 is 1.27 bits per heavy atom. The van der Waals surface area contributed by atoms with E-state index < -0.39 is 21.8 Å². The van der Waals surface area contributed by atoms with Crippen molar-refractivity contribution in [3.8, 4) is 0 Å². The van der Waals surface area contributed by atoms with Crippen LogP contribution in [0.3, 0.4) is 0 Å². The maximum absolute atomic E-state index is 8.63. The van der Waals surface area contributed by atoms with E-state index in [-0.39, 0.29) is 46.6 Å². The molecule has 0 saturated heterocycles. The molecule has 0 unspecified atom stereocenters. The summed E-state index contributed by atoms with van der Waals surface area (Å²) in [5.74, 6) is 0. The van der Waals surface area contributed by atoms with Gasteiger partial charge in [0.2, 0.25) is 10.4 Å². The van der Waals surface area contributed by atoms with E-state index >= 15 is 0 Å². The molecule has 1 N–H and O–H groups in total. The van der Waals surface area contributed by atoms with Crippen molar-refractivity contribution in [1.29, 1.82) is 0 Å². The van der Waals surface area contributed by atoms with Gasteiger partial charge in [0.1, 0.15) is 0 Å². The van der Waals surface area contributed by atoms with E-state index in [2.05, 4.69) is 0 Å². The molecule has 64 valence electrons. The van der Waals surface area contributed by atoms with E-state index in [0.29, 0.717) is 0 Å². The van der Waals surface area contributed by atoms with Crippen LogP contribution in [-0.2, 0) is 38.8 Å². The third-order valence-electron chi connectivity index (χ3n) is 0. The van der Waals surface area contributed by atoms with Gasteiger partial charge in [-0.25, -0.2) is 8.42 Å². The molecule has 11 heavy (non-hydrogen) atoms. The largest absolute Gasteiger partial charge is 2.00 e. The van der Waals surface area contributed by atoms with Crippen LogP contribution in [0.2, 0.25) is 0 Å². The molecule has 0 spiro atoms. The molecule has 0 atom stereocenters.